The Labute approximate surface area is 138 Å². The number of carbonyl (C=O) groups is 2. The SMILES string of the molecule is CCOC(=O)CN1C(C2C3CC4CC(C3)CC2C4)C(=O)C1(C)C. The Kier molecular flexibility index (Phi) is 3.60. The summed E-state index contributed by atoms with van der Waals surface area (Å²) in [6.45, 7) is 6.42. The molecule has 4 heteroatoms. The van der Waals surface area contributed by atoms with E-state index in [-0.39, 0.29) is 18.6 Å². The average molecular weight is 319 g/mol. The largest absolute Gasteiger partial charge is 0.465 e. The maximum Gasteiger partial charge on any atom is 0.320 e. The summed E-state index contributed by atoms with van der Waals surface area (Å²) < 4.78 is 5.14. The van der Waals surface area contributed by atoms with Gasteiger partial charge in [-0.1, -0.05) is 0 Å². The quantitative estimate of drug-likeness (QED) is 0.747. The molecule has 0 N–H and O–H groups in total. The van der Waals surface area contributed by atoms with E-state index < -0.39 is 5.54 Å². The van der Waals surface area contributed by atoms with Crippen LogP contribution < -0.4 is 0 Å². The van der Waals surface area contributed by atoms with Crippen molar-refractivity contribution in [2.75, 3.05) is 13.2 Å². The molecule has 5 aliphatic rings. The van der Waals surface area contributed by atoms with Gasteiger partial charge in [0, 0.05) is 0 Å². The molecule has 0 radical (unpaired) electrons. The van der Waals surface area contributed by atoms with Crippen LogP contribution >= 0.6 is 0 Å². The molecule has 0 aromatic carbocycles. The van der Waals surface area contributed by atoms with E-state index in [4.69, 9.17) is 4.74 Å². The van der Waals surface area contributed by atoms with E-state index in [0.717, 1.165) is 11.8 Å². The summed E-state index contributed by atoms with van der Waals surface area (Å²) in [6.07, 6.45) is 6.69. The number of rotatable bonds is 4. The second kappa shape index (κ2) is 5.30. The Morgan fingerprint density at radius 2 is 1.70 bits per heavy atom. The first-order valence-corrected chi connectivity index (χ1v) is 9.38. The number of esters is 1. The highest BCUT2D eigenvalue weighted by Gasteiger charge is 2.62. The molecule has 4 bridgehead atoms. The van der Waals surface area contributed by atoms with Gasteiger partial charge in [0.1, 0.15) is 0 Å². The number of hydrogen-bond donors (Lipinski definition) is 0. The summed E-state index contributed by atoms with van der Waals surface area (Å²) in [5, 5.41) is 0. The molecule has 5 fully saturated rings. The minimum absolute atomic E-state index is 0.0376. The van der Waals surface area contributed by atoms with Gasteiger partial charge in [-0.05, 0) is 82.5 Å². The molecule has 23 heavy (non-hydrogen) atoms. The Balaban J connectivity index is 1.55. The van der Waals surface area contributed by atoms with Crippen molar-refractivity contribution in [3.05, 3.63) is 0 Å². The lowest BCUT2D eigenvalue weighted by molar-refractivity contribution is -0.180. The van der Waals surface area contributed by atoms with Crippen LogP contribution in [0.15, 0.2) is 0 Å². The zero-order chi connectivity index (χ0) is 16.4. The van der Waals surface area contributed by atoms with Gasteiger partial charge in [-0.3, -0.25) is 14.5 Å². The molecule has 0 aromatic rings. The van der Waals surface area contributed by atoms with Crippen LogP contribution in [0.2, 0.25) is 0 Å². The fraction of sp³-hybridized carbons (Fsp3) is 0.895. The van der Waals surface area contributed by atoms with Crippen LogP contribution in [0.25, 0.3) is 0 Å². The highest BCUT2D eigenvalue weighted by molar-refractivity contribution is 5.99. The summed E-state index contributed by atoms with van der Waals surface area (Å²) >= 11 is 0. The van der Waals surface area contributed by atoms with Crippen molar-refractivity contribution in [2.45, 2.75) is 64.5 Å². The monoisotopic (exact) mass is 319 g/mol. The fourth-order valence-electron chi connectivity index (χ4n) is 6.43. The van der Waals surface area contributed by atoms with Gasteiger partial charge in [0.15, 0.2) is 5.78 Å². The van der Waals surface area contributed by atoms with Crippen LogP contribution in [0.3, 0.4) is 0 Å². The lowest BCUT2D eigenvalue weighted by Gasteiger charge is -2.63. The Morgan fingerprint density at radius 1 is 1.13 bits per heavy atom. The van der Waals surface area contributed by atoms with Gasteiger partial charge in [-0.2, -0.15) is 0 Å². The van der Waals surface area contributed by atoms with Crippen molar-refractivity contribution in [1.82, 2.24) is 4.90 Å². The van der Waals surface area contributed by atoms with Gasteiger partial charge in [-0.25, -0.2) is 0 Å². The van der Waals surface area contributed by atoms with Crippen LogP contribution in [0, 0.1) is 29.6 Å². The van der Waals surface area contributed by atoms with E-state index in [1.807, 2.05) is 20.8 Å². The van der Waals surface area contributed by atoms with Crippen molar-refractivity contribution in [3.63, 3.8) is 0 Å². The number of carbonyl (C=O) groups excluding carboxylic acids is 2. The average Bonchev–Trinajstić information content (AvgIpc) is 2.48. The molecular formula is C19H29NO3. The third-order valence-electron chi connectivity index (χ3n) is 7.19. The van der Waals surface area contributed by atoms with E-state index in [9.17, 15) is 9.59 Å². The zero-order valence-electron chi connectivity index (χ0n) is 14.6. The number of ketones is 1. The number of nitrogens with zero attached hydrogens (tertiary/aromatic N) is 1. The summed E-state index contributed by atoms with van der Waals surface area (Å²) in [7, 11) is 0. The van der Waals surface area contributed by atoms with Crippen molar-refractivity contribution in [3.8, 4) is 0 Å². The van der Waals surface area contributed by atoms with Gasteiger partial charge < -0.3 is 4.74 Å². The topological polar surface area (TPSA) is 46.6 Å². The molecule has 1 atom stereocenters. The third-order valence-corrected chi connectivity index (χ3v) is 7.19. The van der Waals surface area contributed by atoms with Crippen LogP contribution in [0.4, 0.5) is 0 Å². The van der Waals surface area contributed by atoms with Crippen molar-refractivity contribution < 1.29 is 14.3 Å². The molecule has 4 saturated carbocycles. The highest BCUT2D eigenvalue weighted by Crippen LogP contribution is 2.59. The van der Waals surface area contributed by atoms with E-state index in [2.05, 4.69) is 4.90 Å². The maximum absolute atomic E-state index is 12.9. The highest BCUT2D eigenvalue weighted by atomic mass is 16.5. The van der Waals surface area contributed by atoms with Gasteiger partial charge in [-0.15, -0.1) is 0 Å². The molecular weight excluding hydrogens is 290 g/mol. The van der Waals surface area contributed by atoms with E-state index in [1.165, 1.54) is 32.1 Å². The Bertz CT molecular complexity index is 499. The standard InChI is InChI=1S/C19H29NO3/c1-4-23-15(21)10-20-17(18(22)19(20,2)3)16-13-6-11-5-12(8-13)9-14(16)7-11/h11-14,16-17H,4-10H2,1-3H3. The molecule has 128 valence electrons. The van der Waals surface area contributed by atoms with Crippen LogP contribution in [-0.4, -0.2) is 41.4 Å². The molecule has 0 spiro atoms. The molecule has 5 rings (SSSR count). The second-order valence-corrected chi connectivity index (χ2v) is 8.81. The maximum atomic E-state index is 12.9. The van der Waals surface area contributed by atoms with Gasteiger partial charge in [0.25, 0.3) is 0 Å². The molecule has 1 unspecified atom stereocenters. The number of ether oxygens (including phenoxy) is 1. The Hall–Kier alpha value is -0.900. The van der Waals surface area contributed by atoms with Gasteiger partial charge >= 0.3 is 5.97 Å². The predicted molar refractivity (Wildman–Crippen MR) is 86.7 cm³/mol. The van der Waals surface area contributed by atoms with Crippen LogP contribution in [-0.2, 0) is 14.3 Å². The van der Waals surface area contributed by atoms with Crippen molar-refractivity contribution in [2.24, 2.45) is 29.6 Å². The first-order chi connectivity index (χ1) is 10.9. The molecule has 1 aliphatic heterocycles. The summed E-state index contributed by atoms with van der Waals surface area (Å²) in [4.78, 5) is 27.0. The third kappa shape index (κ3) is 2.28. The smallest absolute Gasteiger partial charge is 0.320 e. The molecule has 0 aromatic heterocycles. The normalized spacial score (nSPS) is 44.2. The lowest BCUT2D eigenvalue weighted by atomic mass is 9.48. The van der Waals surface area contributed by atoms with E-state index >= 15 is 0 Å². The van der Waals surface area contributed by atoms with Crippen LogP contribution in [0.1, 0.15) is 52.9 Å². The number of hydrogen-bond acceptors (Lipinski definition) is 4. The van der Waals surface area contributed by atoms with Gasteiger partial charge in [0.05, 0.1) is 24.7 Å². The lowest BCUT2D eigenvalue weighted by Crippen LogP contribution is -2.76. The number of likely N-dealkylation sites (tertiary alicyclic amines) is 1. The number of Topliss-reactive ketones (excluding diaryl/α,β-unsaturated/α-hetero) is 1. The zero-order valence-corrected chi connectivity index (χ0v) is 14.6. The van der Waals surface area contributed by atoms with Gasteiger partial charge in [0.2, 0.25) is 0 Å². The summed E-state index contributed by atoms with van der Waals surface area (Å²) in [6, 6.07) is -0.0376. The minimum Gasteiger partial charge on any atom is -0.465 e. The molecule has 1 heterocycles. The molecule has 4 aliphatic carbocycles. The molecule has 0 amide bonds. The minimum atomic E-state index is -0.508. The summed E-state index contributed by atoms with van der Waals surface area (Å²) in [5.74, 6) is 3.88. The summed E-state index contributed by atoms with van der Waals surface area (Å²) in [5.41, 5.74) is -0.508. The second-order valence-electron chi connectivity index (χ2n) is 8.81. The van der Waals surface area contributed by atoms with Crippen LogP contribution in [0.5, 0.6) is 0 Å². The first kappa shape index (κ1) is 15.6. The van der Waals surface area contributed by atoms with E-state index in [1.54, 1.807) is 0 Å². The van der Waals surface area contributed by atoms with Crippen molar-refractivity contribution in [1.29, 1.82) is 0 Å². The Morgan fingerprint density at radius 3 is 2.22 bits per heavy atom. The molecule has 1 saturated heterocycles. The predicted octanol–water partition coefficient (Wildman–Crippen LogP) is 2.65. The first-order valence-electron chi connectivity index (χ1n) is 9.38. The van der Waals surface area contributed by atoms with E-state index in [0.29, 0.717) is 30.1 Å². The fourth-order valence-corrected chi connectivity index (χ4v) is 6.43. The van der Waals surface area contributed by atoms with Crippen molar-refractivity contribution >= 4 is 11.8 Å². The molecule has 4 nitrogen and oxygen atoms in total.